The van der Waals surface area contributed by atoms with Gasteiger partial charge in [0.05, 0.1) is 0 Å². The molecule has 0 aromatic heterocycles. The summed E-state index contributed by atoms with van der Waals surface area (Å²) in [5, 5.41) is 5.62. The Morgan fingerprint density at radius 3 is 1.79 bits per heavy atom. The third-order valence-electron chi connectivity index (χ3n) is 10.1. The van der Waals surface area contributed by atoms with Gasteiger partial charge in [0.25, 0.3) is 6.71 Å². The average Bonchev–Trinajstić information content (AvgIpc) is 3.14. The molecule has 2 nitrogen and oxygen atoms in total. The zero-order valence-electron chi connectivity index (χ0n) is 25.5. The summed E-state index contributed by atoms with van der Waals surface area (Å²) in [6.45, 7) is 0.111. The molecule has 3 aliphatic heterocycles. The molecule has 47 heavy (non-hydrogen) atoms. The summed E-state index contributed by atoms with van der Waals surface area (Å²) in [6.07, 6.45) is 0. The van der Waals surface area contributed by atoms with Crippen molar-refractivity contribution in [3.05, 3.63) is 170 Å². The van der Waals surface area contributed by atoms with E-state index in [1.54, 1.807) is 0 Å². The van der Waals surface area contributed by atoms with Crippen molar-refractivity contribution in [1.29, 1.82) is 0 Å². The average molecular weight is 634 g/mol. The van der Waals surface area contributed by atoms with Gasteiger partial charge in [0, 0.05) is 26.9 Å². The molecule has 7 aromatic carbocycles. The van der Waals surface area contributed by atoms with Crippen molar-refractivity contribution in [1.82, 2.24) is 0 Å². The maximum Gasteiger partial charge on any atom is 0.253 e. The molecule has 0 aliphatic carbocycles. The van der Waals surface area contributed by atoms with Gasteiger partial charge in [0.15, 0.2) is 8.07 Å². The number of para-hydroxylation sites is 3. The van der Waals surface area contributed by atoms with E-state index in [4.69, 9.17) is 4.74 Å². The second-order valence-corrected chi connectivity index (χ2v) is 17.2. The fraction of sp³-hybridized carbons (Fsp3) is 0. The van der Waals surface area contributed by atoms with E-state index in [-0.39, 0.29) is 6.71 Å². The normalized spacial score (nSPS) is 14.6. The molecular formula is C42H28BNOSSi. The molecule has 0 saturated heterocycles. The predicted molar refractivity (Wildman–Crippen MR) is 200 cm³/mol. The summed E-state index contributed by atoms with van der Waals surface area (Å²) in [7, 11) is -2.66. The summed E-state index contributed by atoms with van der Waals surface area (Å²) < 4.78 is 6.47. The molecule has 0 amide bonds. The summed E-state index contributed by atoms with van der Waals surface area (Å²) >= 11 is 1.85. The molecular weight excluding hydrogens is 605 g/mol. The van der Waals surface area contributed by atoms with Crippen molar-refractivity contribution in [2.45, 2.75) is 9.79 Å². The Bertz CT molecular complexity index is 2240. The molecule has 0 radical (unpaired) electrons. The first-order chi connectivity index (χ1) is 23.3. The monoisotopic (exact) mass is 633 g/mol. The zero-order valence-corrected chi connectivity index (χ0v) is 27.3. The third kappa shape index (κ3) is 3.81. The zero-order chi connectivity index (χ0) is 31.0. The number of hydrogen-bond donors (Lipinski definition) is 0. The standard InChI is InChI=1S/C42H28BNOSSi/c1-3-14-30(15-4-1)47(31-16-5-2-6-17-31)40-24-11-8-19-34(40)44(35-20-9-12-25-41(35)47)29-26-27-38-33(28-29)43-32-18-7-10-21-36(32)45-37-22-13-23-39(46-38)42(37)43/h1-28H. The fourth-order valence-electron chi connectivity index (χ4n) is 8.20. The molecule has 3 aliphatic rings. The largest absolute Gasteiger partial charge is 0.458 e. The van der Waals surface area contributed by atoms with E-state index < -0.39 is 8.07 Å². The smallest absolute Gasteiger partial charge is 0.253 e. The van der Waals surface area contributed by atoms with E-state index in [0.717, 1.165) is 11.5 Å². The molecule has 0 fully saturated rings. The van der Waals surface area contributed by atoms with Crippen LogP contribution in [0.25, 0.3) is 0 Å². The summed E-state index contributed by atoms with van der Waals surface area (Å²) in [4.78, 5) is 5.09. The van der Waals surface area contributed by atoms with Crippen molar-refractivity contribution in [3.63, 3.8) is 0 Å². The molecule has 0 N–H and O–H groups in total. The molecule has 0 atom stereocenters. The SMILES string of the molecule is c1ccc([Si]2(c3ccccc3)c3ccccc3N(c3ccc4c(c3)B3c5ccccc5Oc5cccc(c53)S4)c3ccccc32)cc1. The van der Waals surface area contributed by atoms with Gasteiger partial charge in [0.1, 0.15) is 11.5 Å². The highest BCUT2D eigenvalue weighted by Gasteiger charge is 2.49. The molecule has 220 valence electrons. The minimum absolute atomic E-state index is 0.111. The molecule has 10 rings (SSSR count). The minimum atomic E-state index is -2.66. The number of anilines is 3. The first-order valence-corrected chi connectivity index (χ1v) is 19.0. The second kappa shape index (κ2) is 10.4. The minimum Gasteiger partial charge on any atom is -0.458 e. The van der Waals surface area contributed by atoms with Crippen LogP contribution in [0, 0.1) is 0 Å². The molecule has 7 aromatic rings. The van der Waals surface area contributed by atoms with E-state index >= 15 is 0 Å². The molecule has 0 saturated carbocycles. The quantitative estimate of drug-likeness (QED) is 0.224. The van der Waals surface area contributed by atoms with Crippen molar-refractivity contribution >= 4 is 80.7 Å². The van der Waals surface area contributed by atoms with Crippen LogP contribution >= 0.6 is 11.8 Å². The number of benzene rings is 7. The number of nitrogens with zero attached hydrogens (tertiary/aromatic N) is 1. The third-order valence-corrected chi connectivity index (χ3v) is 16.1. The first kappa shape index (κ1) is 26.9. The number of hydrogen-bond acceptors (Lipinski definition) is 3. The van der Waals surface area contributed by atoms with Gasteiger partial charge in [-0.15, -0.1) is 0 Å². The highest BCUT2D eigenvalue weighted by molar-refractivity contribution is 8.00. The summed E-state index contributed by atoms with van der Waals surface area (Å²) in [6, 6.07) is 62.8. The Hall–Kier alpha value is -5.23. The molecule has 0 bridgehead atoms. The van der Waals surface area contributed by atoms with Crippen LogP contribution in [-0.4, -0.2) is 14.8 Å². The van der Waals surface area contributed by atoms with Crippen LogP contribution in [0.1, 0.15) is 0 Å². The van der Waals surface area contributed by atoms with Crippen LogP contribution in [0.4, 0.5) is 17.1 Å². The Balaban J connectivity index is 1.23. The van der Waals surface area contributed by atoms with Gasteiger partial charge in [-0.2, -0.15) is 0 Å². The van der Waals surface area contributed by atoms with Crippen LogP contribution in [0.15, 0.2) is 180 Å². The molecule has 5 heteroatoms. The predicted octanol–water partition coefficient (Wildman–Crippen LogP) is 5.93. The lowest BCUT2D eigenvalue weighted by Gasteiger charge is -2.45. The van der Waals surface area contributed by atoms with Gasteiger partial charge in [-0.25, -0.2) is 0 Å². The van der Waals surface area contributed by atoms with Crippen LogP contribution in [-0.2, 0) is 0 Å². The van der Waals surface area contributed by atoms with Gasteiger partial charge >= 0.3 is 0 Å². The van der Waals surface area contributed by atoms with Crippen LogP contribution in [0.3, 0.4) is 0 Å². The topological polar surface area (TPSA) is 12.5 Å². The van der Waals surface area contributed by atoms with Gasteiger partial charge in [-0.05, 0) is 80.2 Å². The Kier molecular flexibility index (Phi) is 5.96. The maximum absolute atomic E-state index is 6.47. The lowest BCUT2D eigenvalue weighted by atomic mass is 9.35. The Morgan fingerprint density at radius 1 is 0.489 bits per heavy atom. The van der Waals surface area contributed by atoms with E-state index in [2.05, 4.69) is 175 Å². The highest BCUT2D eigenvalue weighted by atomic mass is 32.2. The van der Waals surface area contributed by atoms with Crippen molar-refractivity contribution in [3.8, 4) is 11.5 Å². The van der Waals surface area contributed by atoms with Crippen molar-refractivity contribution in [2.75, 3.05) is 4.90 Å². The van der Waals surface area contributed by atoms with E-state index in [0.29, 0.717) is 0 Å². The van der Waals surface area contributed by atoms with E-state index in [1.807, 2.05) is 11.8 Å². The van der Waals surface area contributed by atoms with E-state index in [9.17, 15) is 0 Å². The lowest BCUT2D eigenvalue weighted by Crippen LogP contribution is -2.77. The van der Waals surface area contributed by atoms with Crippen molar-refractivity contribution < 1.29 is 4.74 Å². The Morgan fingerprint density at radius 2 is 1.09 bits per heavy atom. The van der Waals surface area contributed by atoms with Gasteiger partial charge in [0.2, 0.25) is 0 Å². The maximum atomic E-state index is 6.47. The highest BCUT2D eigenvalue weighted by Crippen LogP contribution is 2.41. The number of rotatable bonds is 3. The van der Waals surface area contributed by atoms with Crippen LogP contribution < -0.4 is 46.8 Å². The van der Waals surface area contributed by atoms with Gasteiger partial charge in [-0.3, -0.25) is 0 Å². The van der Waals surface area contributed by atoms with E-state index in [1.165, 1.54) is 64.0 Å². The summed E-state index contributed by atoms with van der Waals surface area (Å²) in [5.74, 6) is 1.91. The second-order valence-electron chi connectivity index (χ2n) is 12.4. The number of ether oxygens (including phenoxy) is 1. The fourth-order valence-corrected chi connectivity index (χ4v) is 14.4. The van der Waals surface area contributed by atoms with Crippen molar-refractivity contribution in [2.24, 2.45) is 0 Å². The van der Waals surface area contributed by atoms with Gasteiger partial charge in [-0.1, -0.05) is 139 Å². The molecule has 0 unspecified atom stereocenters. The molecule has 3 heterocycles. The Labute approximate surface area is 280 Å². The van der Waals surface area contributed by atoms with Crippen LogP contribution in [0.2, 0.25) is 0 Å². The van der Waals surface area contributed by atoms with Gasteiger partial charge < -0.3 is 9.64 Å². The molecule has 0 spiro atoms. The number of fused-ring (bicyclic) bond motifs is 6. The first-order valence-electron chi connectivity index (χ1n) is 16.1. The van der Waals surface area contributed by atoms with Crippen LogP contribution in [0.5, 0.6) is 11.5 Å². The lowest BCUT2D eigenvalue weighted by molar-refractivity contribution is 0.486. The summed E-state index contributed by atoms with van der Waals surface area (Å²) in [5.41, 5.74) is 7.52.